The van der Waals surface area contributed by atoms with E-state index in [0.29, 0.717) is 5.92 Å². The summed E-state index contributed by atoms with van der Waals surface area (Å²) in [6.45, 7) is 2.36. The Kier molecular flexibility index (Phi) is 2.63. The van der Waals surface area contributed by atoms with Gasteiger partial charge in [-0.2, -0.15) is 0 Å². The van der Waals surface area contributed by atoms with Crippen molar-refractivity contribution in [2.45, 2.75) is 19.8 Å². The van der Waals surface area contributed by atoms with Gasteiger partial charge in [0.25, 0.3) is 0 Å². The van der Waals surface area contributed by atoms with E-state index >= 15 is 0 Å². The van der Waals surface area contributed by atoms with Gasteiger partial charge >= 0.3 is 0 Å². The summed E-state index contributed by atoms with van der Waals surface area (Å²) in [5.74, 6) is 0.551. The van der Waals surface area contributed by atoms with Crippen LogP contribution in [-0.2, 0) is 12.8 Å². The Hall–Kier alpha value is -2.08. The molecule has 0 spiro atoms. The zero-order valence-corrected chi connectivity index (χ0v) is 11.8. The SMILES string of the molecule is CC(C1=Cc2ccccc2C1)C1=Cc2ccccc2C1. The summed E-state index contributed by atoms with van der Waals surface area (Å²) in [4.78, 5) is 0. The van der Waals surface area contributed by atoms with Crippen molar-refractivity contribution in [1.29, 1.82) is 0 Å². The Labute approximate surface area is 120 Å². The third-order valence-electron chi connectivity index (χ3n) is 4.69. The lowest BCUT2D eigenvalue weighted by atomic mass is 9.90. The molecular weight excluding hydrogens is 240 g/mol. The second-order valence-corrected chi connectivity index (χ2v) is 5.91. The third-order valence-corrected chi connectivity index (χ3v) is 4.69. The summed E-state index contributed by atoms with van der Waals surface area (Å²) in [6.07, 6.45) is 7.02. The van der Waals surface area contributed by atoms with Gasteiger partial charge in [0.05, 0.1) is 0 Å². The molecule has 0 aliphatic heterocycles. The van der Waals surface area contributed by atoms with Crippen molar-refractivity contribution in [2.24, 2.45) is 5.92 Å². The van der Waals surface area contributed by atoms with Gasteiger partial charge in [-0.3, -0.25) is 0 Å². The summed E-state index contributed by atoms with van der Waals surface area (Å²) in [5, 5.41) is 0. The summed E-state index contributed by atoms with van der Waals surface area (Å²) >= 11 is 0. The van der Waals surface area contributed by atoms with E-state index in [2.05, 4.69) is 67.6 Å². The molecule has 0 heteroatoms. The van der Waals surface area contributed by atoms with Crippen LogP contribution in [0, 0.1) is 5.92 Å². The average molecular weight is 258 g/mol. The highest BCUT2D eigenvalue weighted by molar-refractivity contribution is 5.69. The maximum Gasteiger partial charge on any atom is -0.000809 e. The molecule has 0 radical (unpaired) electrons. The third kappa shape index (κ3) is 1.84. The van der Waals surface area contributed by atoms with Gasteiger partial charge in [-0.15, -0.1) is 0 Å². The van der Waals surface area contributed by atoms with Crippen LogP contribution in [0.3, 0.4) is 0 Å². The van der Waals surface area contributed by atoms with Crippen LogP contribution in [0.5, 0.6) is 0 Å². The molecule has 0 bridgehead atoms. The van der Waals surface area contributed by atoms with E-state index in [1.165, 1.54) is 22.3 Å². The minimum Gasteiger partial charge on any atom is -0.0619 e. The standard InChI is InChI=1S/C20H18/c1-14(19-10-15-6-2-3-7-16(15)11-19)20-12-17-8-4-5-9-18(17)13-20/h2-10,12,14H,11,13H2,1H3. The molecule has 4 rings (SSSR count). The number of hydrogen-bond acceptors (Lipinski definition) is 0. The zero-order chi connectivity index (χ0) is 13.5. The van der Waals surface area contributed by atoms with Gasteiger partial charge < -0.3 is 0 Å². The lowest BCUT2D eigenvalue weighted by Crippen LogP contribution is -2.03. The highest BCUT2D eigenvalue weighted by atomic mass is 14.3. The average Bonchev–Trinajstić information content (AvgIpc) is 3.10. The second kappa shape index (κ2) is 4.49. The molecule has 0 aromatic heterocycles. The van der Waals surface area contributed by atoms with Crippen molar-refractivity contribution in [3.8, 4) is 0 Å². The van der Waals surface area contributed by atoms with Crippen molar-refractivity contribution in [2.75, 3.05) is 0 Å². The maximum absolute atomic E-state index is 2.39. The molecular formula is C20H18. The van der Waals surface area contributed by atoms with Gasteiger partial charge in [0.15, 0.2) is 0 Å². The normalized spacial score (nSPS) is 15.9. The molecule has 2 aliphatic carbocycles. The van der Waals surface area contributed by atoms with E-state index in [0.717, 1.165) is 12.8 Å². The number of benzene rings is 2. The van der Waals surface area contributed by atoms with Crippen LogP contribution in [0.2, 0.25) is 0 Å². The Bertz CT molecular complexity index is 668. The Morgan fingerprint density at radius 3 is 1.60 bits per heavy atom. The molecule has 0 N–H and O–H groups in total. The zero-order valence-electron chi connectivity index (χ0n) is 11.8. The second-order valence-electron chi connectivity index (χ2n) is 5.91. The Morgan fingerprint density at radius 2 is 1.15 bits per heavy atom. The summed E-state index contributed by atoms with van der Waals surface area (Å²) < 4.78 is 0. The molecule has 0 unspecified atom stereocenters. The van der Waals surface area contributed by atoms with Gasteiger partial charge in [0.2, 0.25) is 0 Å². The van der Waals surface area contributed by atoms with E-state index in [1.807, 2.05) is 0 Å². The molecule has 2 aromatic rings. The van der Waals surface area contributed by atoms with E-state index in [-0.39, 0.29) is 0 Å². The summed E-state index contributed by atoms with van der Waals surface area (Å²) in [5.41, 5.74) is 8.89. The number of rotatable bonds is 2. The van der Waals surface area contributed by atoms with Gasteiger partial charge in [-0.25, -0.2) is 0 Å². The lowest BCUT2D eigenvalue weighted by molar-refractivity contribution is 0.770. The predicted molar refractivity (Wildman–Crippen MR) is 85.4 cm³/mol. The van der Waals surface area contributed by atoms with Gasteiger partial charge in [-0.05, 0) is 41.0 Å². The largest absolute Gasteiger partial charge is 0.0619 e. The fraction of sp³-hybridized carbons (Fsp3) is 0.200. The monoisotopic (exact) mass is 258 g/mol. The molecule has 0 nitrogen and oxygen atoms in total. The maximum atomic E-state index is 2.39. The smallest absolute Gasteiger partial charge is 0.000809 e. The molecule has 2 aliphatic rings. The minimum absolute atomic E-state index is 0.551. The molecule has 20 heavy (non-hydrogen) atoms. The molecule has 98 valence electrons. The lowest BCUT2D eigenvalue weighted by Gasteiger charge is -2.14. The fourth-order valence-electron chi connectivity index (χ4n) is 3.41. The topological polar surface area (TPSA) is 0 Å². The molecule has 0 atom stereocenters. The van der Waals surface area contributed by atoms with Gasteiger partial charge in [-0.1, -0.05) is 78.8 Å². The summed E-state index contributed by atoms with van der Waals surface area (Å²) in [6, 6.07) is 17.5. The highest BCUT2D eigenvalue weighted by Crippen LogP contribution is 2.37. The van der Waals surface area contributed by atoms with Crippen LogP contribution in [0.15, 0.2) is 59.7 Å². The van der Waals surface area contributed by atoms with Crippen LogP contribution >= 0.6 is 0 Å². The first-order valence-electron chi connectivity index (χ1n) is 7.38. The van der Waals surface area contributed by atoms with Crippen molar-refractivity contribution in [3.05, 3.63) is 81.9 Å². The van der Waals surface area contributed by atoms with Crippen molar-refractivity contribution in [1.82, 2.24) is 0 Å². The first-order valence-corrected chi connectivity index (χ1v) is 7.38. The van der Waals surface area contributed by atoms with E-state index in [9.17, 15) is 0 Å². The van der Waals surface area contributed by atoms with Crippen molar-refractivity contribution >= 4 is 12.2 Å². The predicted octanol–water partition coefficient (Wildman–Crippen LogP) is 4.90. The first-order chi connectivity index (χ1) is 9.81. The molecule has 0 amide bonds. The quantitative estimate of drug-likeness (QED) is 0.718. The van der Waals surface area contributed by atoms with E-state index < -0.39 is 0 Å². The van der Waals surface area contributed by atoms with Gasteiger partial charge in [0, 0.05) is 0 Å². The van der Waals surface area contributed by atoms with Crippen molar-refractivity contribution in [3.63, 3.8) is 0 Å². The summed E-state index contributed by atoms with van der Waals surface area (Å²) in [7, 11) is 0. The Balaban J connectivity index is 1.61. The van der Waals surface area contributed by atoms with Crippen LogP contribution < -0.4 is 0 Å². The van der Waals surface area contributed by atoms with E-state index in [1.54, 1.807) is 11.1 Å². The Morgan fingerprint density at radius 1 is 0.700 bits per heavy atom. The molecule has 2 aromatic carbocycles. The number of fused-ring (bicyclic) bond motifs is 2. The van der Waals surface area contributed by atoms with Crippen LogP contribution in [0.25, 0.3) is 12.2 Å². The number of hydrogen-bond donors (Lipinski definition) is 0. The minimum atomic E-state index is 0.551. The molecule has 0 heterocycles. The number of allylic oxidation sites excluding steroid dienone is 2. The first kappa shape index (κ1) is 11.7. The molecule has 0 saturated carbocycles. The molecule has 0 saturated heterocycles. The molecule has 0 fully saturated rings. The van der Waals surface area contributed by atoms with Crippen LogP contribution in [0.4, 0.5) is 0 Å². The van der Waals surface area contributed by atoms with Gasteiger partial charge in [0.1, 0.15) is 0 Å². The van der Waals surface area contributed by atoms with Crippen LogP contribution in [-0.4, -0.2) is 0 Å². The fourth-order valence-corrected chi connectivity index (χ4v) is 3.41. The highest BCUT2D eigenvalue weighted by Gasteiger charge is 2.23. The van der Waals surface area contributed by atoms with Crippen LogP contribution in [0.1, 0.15) is 29.2 Å². The van der Waals surface area contributed by atoms with Crippen molar-refractivity contribution < 1.29 is 0 Å². The van der Waals surface area contributed by atoms with E-state index in [4.69, 9.17) is 0 Å².